The van der Waals surface area contributed by atoms with Crippen LogP contribution in [0.1, 0.15) is 17.2 Å². The van der Waals surface area contributed by atoms with Crippen molar-refractivity contribution in [2.45, 2.75) is 15.8 Å². The summed E-state index contributed by atoms with van der Waals surface area (Å²) in [6.07, 6.45) is 1.60. The Hall–Kier alpha value is -3.66. The summed E-state index contributed by atoms with van der Waals surface area (Å²) in [6.45, 7) is 0. The van der Waals surface area contributed by atoms with E-state index in [1.807, 2.05) is 53.2 Å². The highest BCUT2D eigenvalue weighted by atomic mass is 35.5. The Bertz CT molecular complexity index is 1550. The molecule has 2 aromatic carbocycles. The molecule has 3 heterocycles. The highest BCUT2D eigenvalue weighted by Crippen LogP contribution is 2.39. The van der Waals surface area contributed by atoms with E-state index in [4.69, 9.17) is 11.6 Å². The number of halogens is 1. The molecular weight excluding hydrogens is 504 g/mol. The molecule has 1 atom stereocenters. The van der Waals surface area contributed by atoms with Crippen LogP contribution in [-0.2, 0) is 0 Å². The van der Waals surface area contributed by atoms with Gasteiger partial charge in [-0.05, 0) is 58.3 Å². The fourth-order valence-electron chi connectivity index (χ4n) is 3.67. The highest BCUT2D eigenvalue weighted by molar-refractivity contribution is 7.99. The third kappa shape index (κ3) is 4.93. The molecule has 0 amide bonds. The maximum Gasteiger partial charge on any atom is 0.282 e. The summed E-state index contributed by atoms with van der Waals surface area (Å²) in [4.78, 5) is 27.6. The first kappa shape index (κ1) is 23.1. The van der Waals surface area contributed by atoms with Gasteiger partial charge in [0.25, 0.3) is 5.56 Å². The minimum atomic E-state index is -0.448. The standard InChI is InChI=1S/C25H19ClN4O3S2/c26-19-3-1-2-4-20(19)35-23-24(32)29-30(25(23)33)22(16-11-12-34-14-16)15-5-7-17(8-6-15)28-18-9-10-21(31)27-13-18/h1-14,22,28,33H,(H,27,31)(H,29,32). The number of hydrogen-bond donors (Lipinski definition) is 4. The smallest absolute Gasteiger partial charge is 0.282 e. The molecule has 0 saturated heterocycles. The Morgan fingerprint density at radius 2 is 1.74 bits per heavy atom. The largest absolute Gasteiger partial charge is 0.493 e. The molecule has 4 N–H and O–H groups in total. The molecule has 5 aromatic rings. The van der Waals surface area contributed by atoms with Crippen molar-refractivity contribution in [2.75, 3.05) is 5.32 Å². The average Bonchev–Trinajstić information content (AvgIpc) is 3.48. The summed E-state index contributed by atoms with van der Waals surface area (Å²) in [7, 11) is 0. The van der Waals surface area contributed by atoms with Gasteiger partial charge in [-0.2, -0.15) is 11.3 Å². The second kappa shape index (κ2) is 9.91. The van der Waals surface area contributed by atoms with Gasteiger partial charge in [0, 0.05) is 22.8 Å². The van der Waals surface area contributed by atoms with Crippen molar-refractivity contribution in [2.24, 2.45) is 0 Å². The number of pyridine rings is 1. The van der Waals surface area contributed by atoms with E-state index in [2.05, 4.69) is 15.4 Å². The van der Waals surface area contributed by atoms with Crippen LogP contribution >= 0.6 is 34.7 Å². The fourth-order valence-corrected chi connectivity index (χ4v) is 5.46. The van der Waals surface area contributed by atoms with Crippen LogP contribution in [0, 0.1) is 0 Å². The van der Waals surface area contributed by atoms with Gasteiger partial charge in [0.1, 0.15) is 10.9 Å². The minimum Gasteiger partial charge on any atom is -0.493 e. The van der Waals surface area contributed by atoms with Gasteiger partial charge in [0.15, 0.2) is 0 Å². The van der Waals surface area contributed by atoms with Crippen molar-refractivity contribution in [3.05, 3.63) is 121 Å². The number of nitrogens with zero attached hydrogens (tertiary/aromatic N) is 1. The van der Waals surface area contributed by atoms with Crippen molar-refractivity contribution in [1.29, 1.82) is 0 Å². The van der Waals surface area contributed by atoms with E-state index in [1.165, 1.54) is 22.1 Å². The van der Waals surface area contributed by atoms with Crippen molar-refractivity contribution in [1.82, 2.24) is 14.8 Å². The summed E-state index contributed by atoms with van der Waals surface area (Å²) in [5.74, 6) is -0.161. The number of anilines is 2. The lowest BCUT2D eigenvalue weighted by Gasteiger charge is -2.19. The number of aromatic nitrogens is 3. The number of H-pyrrole nitrogens is 2. The second-order valence-corrected chi connectivity index (χ2v) is 9.88. The number of aromatic amines is 2. The zero-order valence-corrected chi connectivity index (χ0v) is 20.5. The average molecular weight is 523 g/mol. The van der Waals surface area contributed by atoms with Crippen LogP contribution < -0.4 is 16.4 Å². The van der Waals surface area contributed by atoms with Gasteiger partial charge in [0.05, 0.1) is 10.7 Å². The van der Waals surface area contributed by atoms with E-state index in [9.17, 15) is 14.7 Å². The van der Waals surface area contributed by atoms with Crippen LogP contribution in [0.4, 0.5) is 11.4 Å². The predicted octanol–water partition coefficient (Wildman–Crippen LogP) is 5.82. The number of thiophene rings is 1. The molecule has 0 aliphatic rings. The Morgan fingerprint density at radius 3 is 2.43 bits per heavy atom. The lowest BCUT2D eigenvalue weighted by Crippen LogP contribution is -2.15. The van der Waals surface area contributed by atoms with Crippen LogP contribution in [0.15, 0.2) is 103 Å². The molecule has 0 spiro atoms. The Kier molecular flexibility index (Phi) is 6.54. The maximum atomic E-state index is 12.8. The maximum absolute atomic E-state index is 12.8. The van der Waals surface area contributed by atoms with Gasteiger partial charge in [0.2, 0.25) is 11.4 Å². The molecule has 0 fully saturated rings. The van der Waals surface area contributed by atoms with Crippen molar-refractivity contribution in [3.63, 3.8) is 0 Å². The quantitative estimate of drug-likeness (QED) is 0.216. The van der Waals surface area contributed by atoms with Gasteiger partial charge in [-0.25, -0.2) is 4.68 Å². The first-order chi connectivity index (χ1) is 17.0. The van der Waals surface area contributed by atoms with Crippen LogP contribution in [0.5, 0.6) is 5.88 Å². The molecule has 10 heteroatoms. The van der Waals surface area contributed by atoms with E-state index >= 15 is 0 Å². The van der Waals surface area contributed by atoms with Crippen molar-refractivity contribution < 1.29 is 5.11 Å². The van der Waals surface area contributed by atoms with E-state index in [-0.39, 0.29) is 16.3 Å². The molecule has 0 aliphatic heterocycles. The molecule has 3 aromatic heterocycles. The lowest BCUT2D eigenvalue weighted by molar-refractivity contribution is 0.385. The van der Waals surface area contributed by atoms with Gasteiger partial charge >= 0.3 is 0 Å². The number of aromatic hydroxyl groups is 1. The number of benzene rings is 2. The molecule has 1 unspecified atom stereocenters. The van der Waals surface area contributed by atoms with Gasteiger partial charge < -0.3 is 15.4 Å². The van der Waals surface area contributed by atoms with E-state index in [1.54, 1.807) is 24.4 Å². The molecule has 0 bridgehead atoms. The van der Waals surface area contributed by atoms with Crippen LogP contribution in [0.3, 0.4) is 0 Å². The highest BCUT2D eigenvalue weighted by Gasteiger charge is 2.25. The van der Waals surface area contributed by atoms with E-state index in [0.29, 0.717) is 9.92 Å². The molecular formula is C25H19ClN4O3S2. The van der Waals surface area contributed by atoms with Crippen LogP contribution in [0.25, 0.3) is 0 Å². The molecule has 7 nitrogen and oxygen atoms in total. The summed E-state index contributed by atoms with van der Waals surface area (Å²) in [5.41, 5.74) is 2.80. The third-order valence-corrected chi connectivity index (χ3v) is 7.62. The summed E-state index contributed by atoms with van der Waals surface area (Å²) in [5, 5.41) is 21.6. The predicted molar refractivity (Wildman–Crippen MR) is 141 cm³/mol. The summed E-state index contributed by atoms with van der Waals surface area (Å²) >= 11 is 8.92. The number of rotatable bonds is 7. The molecule has 35 heavy (non-hydrogen) atoms. The van der Waals surface area contributed by atoms with E-state index in [0.717, 1.165) is 34.3 Å². The van der Waals surface area contributed by atoms with Gasteiger partial charge in [-0.3, -0.25) is 14.7 Å². The molecule has 0 aliphatic carbocycles. The first-order valence-corrected chi connectivity index (χ1v) is 12.7. The first-order valence-electron chi connectivity index (χ1n) is 10.5. The van der Waals surface area contributed by atoms with Crippen molar-refractivity contribution >= 4 is 46.1 Å². The Morgan fingerprint density at radius 1 is 0.971 bits per heavy atom. The zero-order valence-electron chi connectivity index (χ0n) is 18.1. The normalized spacial score (nSPS) is 11.9. The minimum absolute atomic E-state index is 0.161. The third-order valence-electron chi connectivity index (χ3n) is 5.32. The lowest BCUT2D eigenvalue weighted by atomic mass is 10.0. The monoisotopic (exact) mass is 522 g/mol. The SMILES string of the molecule is O=c1ccc(Nc2ccc(C(c3ccsc3)n3[nH]c(=O)c(Sc4ccccc4Cl)c3O)cc2)c[nH]1. The number of hydrogen-bond acceptors (Lipinski definition) is 6. The molecule has 0 radical (unpaired) electrons. The Labute approximate surface area is 213 Å². The van der Waals surface area contributed by atoms with Gasteiger partial charge in [-0.1, -0.05) is 47.6 Å². The molecule has 0 saturated carbocycles. The second-order valence-electron chi connectivity index (χ2n) is 7.64. The summed E-state index contributed by atoms with van der Waals surface area (Å²) < 4.78 is 1.48. The number of nitrogens with one attached hydrogen (secondary N) is 3. The molecule has 176 valence electrons. The van der Waals surface area contributed by atoms with E-state index < -0.39 is 11.6 Å². The van der Waals surface area contributed by atoms with Crippen LogP contribution in [-0.4, -0.2) is 19.9 Å². The fraction of sp³-hybridized carbons (Fsp3) is 0.0400. The van der Waals surface area contributed by atoms with Crippen LogP contribution in [0.2, 0.25) is 5.02 Å². The zero-order chi connectivity index (χ0) is 24.4. The van der Waals surface area contributed by atoms with Crippen molar-refractivity contribution in [3.8, 4) is 5.88 Å². The van der Waals surface area contributed by atoms with Gasteiger partial charge in [-0.15, -0.1) is 0 Å². The Balaban J connectivity index is 1.49. The topological polar surface area (TPSA) is 103 Å². The molecule has 5 rings (SSSR count). The summed E-state index contributed by atoms with van der Waals surface area (Å²) in [6, 6.07) is 19.5.